The molecule has 0 amide bonds. The maximum atomic E-state index is 13.7. The van der Waals surface area contributed by atoms with Crippen molar-refractivity contribution in [2.24, 2.45) is 0 Å². The minimum absolute atomic E-state index is 0.0115. The van der Waals surface area contributed by atoms with Gasteiger partial charge < -0.3 is 4.74 Å². The first kappa shape index (κ1) is 20.8. The molecule has 0 saturated carbocycles. The summed E-state index contributed by atoms with van der Waals surface area (Å²) >= 11 is 0. The Morgan fingerprint density at radius 3 is 2.62 bits per heavy atom. The highest BCUT2D eigenvalue weighted by molar-refractivity contribution is 6.00. The largest absolute Gasteiger partial charge is 0.488 e. The van der Waals surface area contributed by atoms with E-state index >= 15 is 0 Å². The molecule has 0 aliphatic carbocycles. The Labute approximate surface area is 183 Å². The highest BCUT2D eigenvalue weighted by atomic mass is 19.1. The maximum absolute atomic E-state index is 13.7. The van der Waals surface area contributed by atoms with Crippen molar-refractivity contribution in [2.75, 3.05) is 0 Å². The summed E-state index contributed by atoms with van der Waals surface area (Å²) in [7, 11) is 0. The summed E-state index contributed by atoms with van der Waals surface area (Å²) in [5.41, 5.74) is 2.07. The van der Waals surface area contributed by atoms with Crippen molar-refractivity contribution in [3.63, 3.8) is 0 Å². The Morgan fingerprint density at radius 1 is 1.03 bits per heavy atom. The van der Waals surface area contributed by atoms with Crippen molar-refractivity contribution in [3.05, 3.63) is 118 Å². The molecule has 0 radical (unpaired) electrons. The molecular weight excluding hydrogens is 407 g/mol. The third-order valence-electron chi connectivity index (χ3n) is 4.99. The molecule has 0 N–H and O–H groups in total. The van der Waals surface area contributed by atoms with Crippen LogP contribution in [-0.2, 0) is 6.61 Å². The van der Waals surface area contributed by atoms with Crippen LogP contribution in [0.4, 0.5) is 10.1 Å². The number of fused-ring (bicyclic) bond motifs is 1. The SMILES string of the molecule is N#C/C(=C/c1c(OCc2cccc([N+](=O)[O-])c2)ccc2ccccc12)c1cccc(F)c1. The number of nitriles is 1. The van der Waals surface area contributed by atoms with Crippen LogP contribution in [0.3, 0.4) is 0 Å². The Kier molecular flexibility index (Phi) is 5.91. The number of halogens is 1. The summed E-state index contributed by atoms with van der Waals surface area (Å²) < 4.78 is 19.7. The second-order valence-corrected chi connectivity index (χ2v) is 7.09. The number of rotatable bonds is 6. The molecule has 0 heterocycles. The van der Waals surface area contributed by atoms with E-state index in [9.17, 15) is 19.8 Å². The third-order valence-corrected chi connectivity index (χ3v) is 4.99. The van der Waals surface area contributed by atoms with E-state index in [2.05, 4.69) is 6.07 Å². The lowest BCUT2D eigenvalue weighted by Crippen LogP contribution is -1.99. The molecular formula is C26H17FN2O3. The number of non-ortho nitro benzene ring substituents is 1. The molecule has 0 aliphatic heterocycles. The second-order valence-electron chi connectivity index (χ2n) is 7.09. The molecule has 0 fully saturated rings. The summed E-state index contributed by atoms with van der Waals surface area (Å²) in [4.78, 5) is 10.6. The predicted molar refractivity (Wildman–Crippen MR) is 121 cm³/mol. The van der Waals surface area contributed by atoms with E-state index in [4.69, 9.17) is 4.74 Å². The molecule has 6 heteroatoms. The smallest absolute Gasteiger partial charge is 0.269 e. The van der Waals surface area contributed by atoms with Gasteiger partial charge in [0.15, 0.2) is 0 Å². The molecule has 0 atom stereocenters. The lowest BCUT2D eigenvalue weighted by molar-refractivity contribution is -0.384. The van der Waals surface area contributed by atoms with Gasteiger partial charge in [-0.05, 0) is 46.2 Å². The van der Waals surface area contributed by atoms with Crippen molar-refractivity contribution in [1.82, 2.24) is 0 Å². The van der Waals surface area contributed by atoms with Crippen molar-refractivity contribution in [3.8, 4) is 11.8 Å². The molecule has 156 valence electrons. The maximum Gasteiger partial charge on any atom is 0.269 e. The van der Waals surface area contributed by atoms with Crippen LogP contribution < -0.4 is 4.74 Å². The number of benzene rings is 4. The lowest BCUT2D eigenvalue weighted by atomic mass is 9.98. The first-order chi connectivity index (χ1) is 15.5. The summed E-state index contributed by atoms with van der Waals surface area (Å²) in [6.07, 6.45) is 1.68. The number of nitro groups is 1. The average molecular weight is 424 g/mol. The fourth-order valence-electron chi connectivity index (χ4n) is 3.45. The zero-order valence-electron chi connectivity index (χ0n) is 16.9. The van der Waals surface area contributed by atoms with E-state index in [1.807, 2.05) is 30.3 Å². The van der Waals surface area contributed by atoms with Crippen molar-refractivity contribution < 1.29 is 14.1 Å². The zero-order chi connectivity index (χ0) is 22.5. The molecule has 0 unspecified atom stereocenters. The number of allylic oxidation sites excluding steroid dienone is 1. The van der Waals surface area contributed by atoms with Gasteiger partial charge >= 0.3 is 0 Å². The predicted octanol–water partition coefficient (Wildman–Crippen LogP) is 6.53. The van der Waals surface area contributed by atoms with Gasteiger partial charge in [0.25, 0.3) is 5.69 Å². The van der Waals surface area contributed by atoms with Gasteiger partial charge in [-0.3, -0.25) is 10.1 Å². The summed E-state index contributed by atoms with van der Waals surface area (Å²) in [5.74, 6) is 0.0862. The average Bonchev–Trinajstić information content (AvgIpc) is 2.81. The molecule has 5 nitrogen and oxygen atoms in total. The normalized spacial score (nSPS) is 11.2. The van der Waals surface area contributed by atoms with E-state index in [0.29, 0.717) is 28.0 Å². The number of hydrogen-bond acceptors (Lipinski definition) is 4. The molecule has 0 bridgehead atoms. The number of nitrogens with zero attached hydrogens (tertiary/aromatic N) is 2. The van der Waals surface area contributed by atoms with Crippen LogP contribution in [0.2, 0.25) is 0 Å². The number of hydrogen-bond donors (Lipinski definition) is 0. The zero-order valence-corrected chi connectivity index (χ0v) is 16.9. The van der Waals surface area contributed by atoms with Crippen molar-refractivity contribution in [1.29, 1.82) is 5.26 Å². The Morgan fingerprint density at radius 2 is 1.84 bits per heavy atom. The van der Waals surface area contributed by atoms with Gasteiger partial charge in [-0.25, -0.2) is 4.39 Å². The van der Waals surface area contributed by atoms with Crippen LogP contribution in [-0.4, -0.2) is 4.92 Å². The van der Waals surface area contributed by atoms with Gasteiger partial charge in [0.1, 0.15) is 18.2 Å². The standard InChI is InChI=1S/C26H17FN2O3/c27-22-8-4-7-20(14-22)21(16-28)15-25-24-10-2-1-6-19(24)11-12-26(25)32-17-18-5-3-9-23(13-18)29(30)31/h1-15H,17H2/b21-15-. The van der Waals surface area contributed by atoms with Gasteiger partial charge in [-0.2, -0.15) is 5.26 Å². The molecule has 0 aliphatic rings. The van der Waals surface area contributed by atoms with Crippen molar-refractivity contribution in [2.45, 2.75) is 6.61 Å². The van der Waals surface area contributed by atoms with Crippen LogP contribution in [0, 0.1) is 27.3 Å². The van der Waals surface area contributed by atoms with Gasteiger partial charge in [0.2, 0.25) is 0 Å². The molecule has 4 aromatic rings. The van der Waals surface area contributed by atoms with E-state index in [-0.39, 0.29) is 12.3 Å². The lowest BCUT2D eigenvalue weighted by Gasteiger charge is -2.13. The Balaban J connectivity index is 1.77. The summed E-state index contributed by atoms with van der Waals surface area (Å²) in [5, 5.41) is 22.6. The molecule has 0 saturated heterocycles. The minimum Gasteiger partial charge on any atom is -0.488 e. The Bertz CT molecular complexity index is 1390. The first-order valence-electron chi connectivity index (χ1n) is 9.81. The Hall–Kier alpha value is -4.50. The fourth-order valence-corrected chi connectivity index (χ4v) is 3.45. The van der Waals surface area contributed by atoms with E-state index in [1.165, 1.54) is 24.3 Å². The highest BCUT2D eigenvalue weighted by Gasteiger charge is 2.12. The highest BCUT2D eigenvalue weighted by Crippen LogP contribution is 2.32. The van der Waals surface area contributed by atoms with Crippen LogP contribution in [0.15, 0.2) is 84.9 Å². The fraction of sp³-hybridized carbons (Fsp3) is 0.0385. The van der Waals surface area contributed by atoms with Gasteiger partial charge in [0.05, 0.1) is 16.6 Å². The summed E-state index contributed by atoms with van der Waals surface area (Å²) in [6.45, 7) is 0.114. The van der Waals surface area contributed by atoms with Crippen LogP contribution in [0.25, 0.3) is 22.4 Å². The van der Waals surface area contributed by atoms with E-state index in [1.54, 1.807) is 36.4 Å². The number of nitro benzene ring substituents is 1. The van der Waals surface area contributed by atoms with Gasteiger partial charge in [-0.15, -0.1) is 0 Å². The second kappa shape index (κ2) is 9.11. The molecule has 32 heavy (non-hydrogen) atoms. The monoisotopic (exact) mass is 424 g/mol. The minimum atomic E-state index is -0.453. The quantitative estimate of drug-likeness (QED) is 0.153. The van der Waals surface area contributed by atoms with Crippen molar-refractivity contribution >= 4 is 28.1 Å². The van der Waals surface area contributed by atoms with Crippen LogP contribution in [0.5, 0.6) is 5.75 Å². The molecule has 0 spiro atoms. The van der Waals surface area contributed by atoms with Gasteiger partial charge in [-0.1, -0.05) is 54.6 Å². The topological polar surface area (TPSA) is 76.2 Å². The molecule has 4 aromatic carbocycles. The third kappa shape index (κ3) is 4.47. The summed E-state index contributed by atoms with van der Waals surface area (Å²) in [6, 6.07) is 25.6. The number of ether oxygens (including phenoxy) is 1. The first-order valence-corrected chi connectivity index (χ1v) is 9.81. The van der Waals surface area contributed by atoms with E-state index < -0.39 is 10.7 Å². The van der Waals surface area contributed by atoms with Crippen LogP contribution in [0.1, 0.15) is 16.7 Å². The molecule has 4 rings (SSSR count). The van der Waals surface area contributed by atoms with Crippen LogP contribution >= 0.6 is 0 Å². The van der Waals surface area contributed by atoms with E-state index in [0.717, 1.165) is 10.8 Å². The van der Waals surface area contributed by atoms with Gasteiger partial charge in [0, 0.05) is 17.7 Å². The molecule has 0 aromatic heterocycles.